The van der Waals surface area contributed by atoms with Crippen LogP contribution in [0.1, 0.15) is 25.0 Å². The Bertz CT molecular complexity index is 2860. The van der Waals surface area contributed by atoms with Crippen molar-refractivity contribution in [3.05, 3.63) is 223 Å². The highest BCUT2D eigenvalue weighted by Gasteiger charge is 2.37. The van der Waals surface area contributed by atoms with Gasteiger partial charge in [-0.3, -0.25) is 0 Å². The lowest BCUT2D eigenvalue weighted by Gasteiger charge is -2.32. The van der Waals surface area contributed by atoms with E-state index in [9.17, 15) is 0 Å². The quantitative estimate of drug-likeness (QED) is 0.159. The smallest absolute Gasteiger partial charge is 0.0546 e. The normalized spacial score (nSPS) is 12.6. The molecule has 0 N–H and O–H groups in total. The van der Waals surface area contributed by atoms with Gasteiger partial charge in [-0.2, -0.15) is 0 Å². The predicted octanol–water partition coefficient (Wildman–Crippen LogP) is 15.3. The molecule has 10 rings (SSSR count). The van der Waals surface area contributed by atoms with E-state index in [0.29, 0.717) is 0 Å². The molecule has 0 fully saturated rings. The zero-order valence-electron chi connectivity index (χ0n) is 31.7. The molecule has 1 aliphatic carbocycles. The minimum Gasteiger partial charge on any atom is -0.309 e. The average molecular weight is 716 g/mol. The highest BCUT2D eigenvalue weighted by Crippen LogP contribution is 2.54. The van der Waals surface area contributed by atoms with Gasteiger partial charge in [0, 0.05) is 22.1 Å². The van der Waals surface area contributed by atoms with E-state index in [2.05, 4.69) is 231 Å². The summed E-state index contributed by atoms with van der Waals surface area (Å²) in [4.78, 5) is 2.51. The second kappa shape index (κ2) is 13.7. The van der Waals surface area contributed by atoms with Gasteiger partial charge in [-0.15, -0.1) is 0 Å². The van der Waals surface area contributed by atoms with E-state index < -0.39 is 0 Å². The van der Waals surface area contributed by atoms with Crippen LogP contribution in [0.4, 0.5) is 17.1 Å². The third kappa shape index (κ3) is 5.63. The molecule has 1 heteroatoms. The predicted molar refractivity (Wildman–Crippen MR) is 238 cm³/mol. The second-order valence-electron chi connectivity index (χ2n) is 15.3. The van der Waals surface area contributed by atoms with Crippen LogP contribution in [-0.4, -0.2) is 0 Å². The van der Waals surface area contributed by atoms with Crippen molar-refractivity contribution in [1.29, 1.82) is 0 Å². The molecule has 1 aliphatic rings. The SMILES string of the molecule is CC1(C)c2cc(-c3ccccc3)ccc2-c2ccc(N(c3cccc(-c4ccccc4)c3-c3ccccc3-c3ccccc3)c3cccc4ccccc34)cc21. The van der Waals surface area contributed by atoms with Crippen LogP contribution in [0, 0.1) is 0 Å². The van der Waals surface area contributed by atoms with Crippen molar-refractivity contribution >= 4 is 27.8 Å². The third-order valence-electron chi connectivity index (χ3n) is 11.7. The van der Waals surface area contributed by atoms with Crippen molar-refractivity contribution in [3.63, 3.8) is 0 Å². The maximum absolute atomic E-state index is 2.51. The van der Waals surface area contributed by atoms with Crippen molar-refractivity contribution in [3.8, 4) is 55.6 Å². The molecule has 0 bridgehead atoms. The first-order valence-electron chi connectivity index (χ1n) is 19.5. The highest BCUT2D eigenvalue weighted by molar-refractivity contribution is 6.05. The van der Waals surface area contributed by atoms with Crippen molar-refractivity contribution in [2.24, 2.45) is 0 Å². The Morgan fingerprint density at radius 1 is 0.339 bits per heavy atom. The van der Waals surface area contributed by atoms with E-state index in [4.69, 9.17) is 0 Å². The minimum absolute atomic E-state index is 0.204. The first kappa shape index (κ1) is 33.6. The summed E-state index contributed by atoms with van der Waals surface area (Å²) in [5.74, 6) is 0. The fourth-order valence-corrected chi connectivity index (χ4v) is 8.92. The standard InChI is InChI=1S/C55H41N/c1-55(2)50-36-42(38-18-6-3-7-19-38)32-34-47(50)48-35-33-43(37-51(48)55)56(52-30-16-25-40-24-12-13-27-45(40)52)53-31-17-29-46(41-22-10-5-11-23-41)54(53)49-28-15-14-26-44(49)39-20-8-4-9-21-39/h3-37H,1-2H3. The fourth-order valence-electron chi connectivity index (χ4n) is 8.92. The van der Waals surface area contributed by atoms with Gasteiger partial charge in [0.25, 0.3) is 0 Å². The van der Waals surface area contributed by atoms with Crippen LogP contribution >= 0.6 is 0 Å². The van der Waals surface area contributed by atoms with Gasteiger partial charge in [-0.25, -0.2) is 0 Å². The molecule has 0 spiro atoms. The molecule has 0 radical (unpaired) electrons. The topological polar surface area (TPSA) is 3.24 Å². The van der Waals surface area contributed by atoms with Gasteiger partial charge in [-0.1, -0.05) is 196 Å². The summed E-state index contributed by atoms with van der Waals surface area (Å²) >= 11 is 0. The van der Waals surface area contributed by atoms with E-state index >= 15 is 0 Å². The minimum atomic E-state index is -0.204. The summed E-state index contributed by atoms with van der Waals surface area (Å²) in [5, 5.41) is 2.42. The van der Waals surface area contributed by atoms with Gasteiger partial charge in [-0.05, 0) is 96.9 Å². The van der Waals surface area contributed by atoms with Gasteiger partial charge in [0.1, 0.15) is 0 Å². The Balaban J connectivity index is 1.24. The molecule has 0 saturated heterocycles. The van der Waals surface area contributed by atoms with Crippen molar-refractivity contribution in [1.82, 2.24) is 0 Å². The monoisotopic (exact) mass is 715 g/mol. The average Bonchev–Trinajstić information content (AvgIpc) is 3.49. The second-order valence-corrected chi connectivity index (χ2v) is 15.3. The first-order chi connectivity index (χ1) is 27.6. The number of fused-ring (bicyclic) bond motifs is 4. The summed E-state index contributed by atoms with van der Waals surface area (Å²) < 4.78 is 0. The van der Waals surface area contributed by atoms with Crippen LogP contribution in [0.5, 0.6) is 0 Å². The molecule has 9 aromatic carbocycles. The molecule has 0 heterocycles. The Kier molecular flexibility index (Phi) is 8.23. The Morgan fingerprint density at radius 3 is 1.59 bits per heavy atom. The van der Waals surface area contributed by atoms with Gasteiger partial charge < -0.3 is 4.90 Å². The summed E-state index contributed by atoms with van der Waals surface area (Å²) in [5.41, 5.74) is 18.2. The van der Waals surface area contributed by atoms with Crippen LogP contribution in [0.25, 0.3) is 66.4 Å². The molecule has 0 amide bonds. The van der Waals surface area contributed by atoms with Gasteiger partial charge >= 0.3 is 0 Å². The Hall–Kier alpha value is -6.96. The van der Waals surface area contributed by atoms with Gasteiger partial charge in [0.05, 0.1) is 11.4 Å². The molecule has 0 unspecified atom stereocenters. The lowest BCUT2D eigenvalue weighted by molar-refractivity contribution is 0.660. The maximum atomic E-state index is 2.51. The number of rotatable bonds is 7. The lowest BCUT2D eigenvalue weighted by atomic mass is 9.81. The van der Waals surface area contributed by atoms with Crippen molar-refractivity contribution < 1.29 is 0 Å². The van der Waals surface area contributed by atoms with Crippen molar-refractivity contribution in [2.75, 3.05) is 4.90 Å². The van der Waals surface area contributed by atoms with E-state index in [0.717, 1.165) is 17.1 Å². The largest absolute Gasteiger partial charge is 0.309 e. The number of hydrogen-bond donors (Lipinski definition) is 0. The van der Waals surface area contributed by atoms with Crippen LogP contribution in [0.2, 0.25) is 0 Å². The summed E-state index contributed by atoms with van der Waals surface area (Å²) in [6.45, 7) is 4.77. The zero-order valence-corrected chi connectivity index (χ0v) is 31.7. The van der Waals surface area contributed by atoms with E-state index in [1.807, 2.05) is 0 Å². The van der Waals surface area contributed by atoms with Crippen LogP contribution < -0.4 is 4.90 Å². The third-order valence-corrected chi connectivity index (χ3v) is 11.7. The van der Waals surface area contributed by atoms with Crippen LogP contribution in [0.3, 0.4) is 0 Å². The van der Waals surface area contributed by atoms with Crippen LogP contribution in [0.15, 0.2) is 212 Å². The number of anilines is 3. The summed E-state index contributed by atoms with van der Waals surface area (Å²) in [6.07, 6.45) is 0. The molecular formula is C55H41N. The molecular weight excluding hydrogens is 675 g/mol. The zero-order chi connectivity index (χ0) is 37.6. The molecule has 9 aromatic rings. The van der Waals surface area contributed by atoms with Gasteiger partial charge in [0.2, 0.25) is 0 Å². The molecule has 266 valence electrons. The Labute approximate surface area is 329 Å². The van der Waals surface area contributed by atoms with E-state index in [-0.39, 0.29) is 5.41 Å². The molecule has 56 heavy (non-hydrogen) atoms. The highest BCUT2D eigenvalue weighted by atomic mass is 15.1. The molecule has 0 aromatic heterocycles. The Morgan fingerprint density at radius 2 is 0.857 bits per heavy atom. The molecule has 0 atom stereocenters. The fraction of sp³-hybridized carbons (Fsp3) is 0.0545. The van der Waals surface area contributed by atoms with E-state index in [1.54, 1.807) is 0 Å². The number of hydrogen-bond acceptors (Lipinski definition) is 1. The first-order valence-corrected chi connectivity index (χ1v) is 19.5. The number of benzene rings is 9. The maximum Gasteiger partial charge on any atom is 0.0546 e. The molecule has 1 nitrogen and oxygen atoms in total. The number of nitrogens with zero attached hydrogens (tertiary/aromatic N) is 1. The van der Waals surface area contributed by atoms with Crippen molar-refractivity contribution in [2.45, 2.75) is 19.3 Å². The van der Waals surface area contributed by atoms with E-state index in [1.165, 1.54) is 77.5 Å². The van der Waals surface area contributed by atoms with Crippen LogP contribution in [-0.2, 0) is 5.41 Å². The summed E-state index contributed by atoms with van der Waals surface area (Å²) in [7, 11) is 0. The summed E-state index contributed by atoms with van der Waals surface area (Å²) in [6, 6.07) is 77.7. The molecule has 0 aliphatic heterocycles. The lowest BCUT2D eigenvalue weighted by Crippen LogP contribution is -2.17. The molecule has 0 saturated carbocycles. The van der Waals surface area contributed by atoms with Gasteiger partial charge in [0.15, 0.2) is 0 Å².